The van der Waals surface area contributed by atoms with Crippen molar-refractivity contribution in [3.05, 3.63) is 24.3 Å². The number of nitrogen functional groups attached to an aromatic ring is 1. The van der Waals surface area contributed by atoms with Gasteiger partial charge in [0.05, 0.1) is 151 Å². The minimum atomic E-state index is -1.13. The molecule has 0 aromatic heterocycles. The number of carboxylic acids is 1. The van der Waals surface area contributed by atoms with Crippen LogP contribution in [0.5, 0.6) is 5.75 Å². The Labute approximate surface area is 306 Å². The van der Waals surface area contributed by atoms with E-state index in [1.807, 2.05) is 18.2 Å². The zero-order chi connectivity index (χ0) is 37.4. The summed E-state index contributed by atoms with van der Waals surface area (Å²) in [4.78, 5) is 21.7. The molecule has 1 aromatic rings. The number of rotatable bonds is 41. The number of hydrogen-bond acceptors (Lipinski definition) is 16. The maximum absolute atomic E-state index is 11.4. The average molecular weight is 753 g/mol. The molecule has 0 atom stereocenters. The first-order chi connectivity index (χ1) is 25.6. The van der Waals surface area contributed by atoms with Gasteiger partial charge in [-0.2, -0.15) is 0 Å². The highest BCUT2D eigenvalue weighted by atomic mass is 16.6. The number of anilines is 1. The Hall–Kier alpha value is -2.72. The molecule has 0 saturated carbocycles. The van der Waals surface area contributed by atoms with Gasteiger partial charge in [0.1, 0.15) is 25.6 Å². The van der Waals surface area contributed by atoms with E-state index >= 15 is 0 Å². The average Bonchev–Trinajstić information content (AvgIpc) is 3.13. The molecule has 18 nitrogen and oxygen atoms in total. The maximum Gasteiger partial charge on any atom is 0.329 e. The molecule has 18 heteroatoms. The van der Waals surface area contributed by atoms with Crippen molar-refractivity contribution >= 4 is 17.6 Å². The molecule has 4 N–H and O–H groups in total. The summed E-state index contributed by atoms with van der Waals surface area (Å²) in [6.45, 7) is 9.98. The van der Waals surface area contributed by atoms with Gasteiger partial charge in [0.2, 0.25) is 5.91 Å². The smallest absolute Gasteiger partial charge is 0.329 e. The third-order valence-corrected chi connectivity index (χ3v) is 6.15. The van der Waals surface area contributed by atoms with Gasteiger partial charge in [-0.05, 0) is 12.1 Å². The summed E-state index contributed by atoms with van der Waals surface area (Å²) in [5.41, 5.74) is 6.43. The highest BCUT2D eigenvalue weighted by Crippen LogP contribution is 2.19. The van der Waals surface area contributed by atoms with Crippen molar-refractivity contribution in [2.75, 3.05) is 177 Å². The van der Waals surface area contributed by atoms with Gasteiger partial charge in [0.15, 0.2) is 0 Å². The number of carbonyl (C=O) groups excluding carboxylic acids is 1. The molecule has 0 aliphatic rings. The predicted octanol–water partition coefficient (Wildman–Crippen LogP) is 0.0476. The lowest BCUT2D eigenvalue weighted by atomic mass is 10.3. The topological polar surface area (TPSA) is 212 Å². The van der Waals surface area contributed by atoms with E-state index in [0.29, 0.717) is 170 Å². The van der Waals surface area contributed by atoms with Crippen LogP contribution in [0.1, 0.15) is 0 Å². The normalized spacial score (nSPS) is 11.2. The van der Waals surface area contributed by atoms with Crippen LogP contribution in [-0.2, 0) is 66.4 Å². The molecule has 1 aromatic carbocycles. The van der Waals surface area contributed by atoms with Crippen LogP contribution in [0, 0.1) is 0 Å². The second-order valence-corrected chi connectivity index (χ2v) is 10.4. The van der Waals surface area contributed by atoms with Crippen molar-refractivity contribution in [2.24, 2.45) is 0 Å². The second kappa shape index (κ2) is 38.0. The quantitative estimate of drug-likeness (QED) is 0.0596. The molecule has 0 heterocycles. The molecule has 0 bridgehead atoms. The van der Waals surface area contributed by atoms with Crippen LogP contribution >= 0.6 is 0 Å². The van der Waals surface area contributed by atoms with E-state index in [9.17, 15) is 9.59 Å². The minimum absolute atomic E-state index is 0.297. The summed E-state index contributed by atoms with van der Waals surface area (Å²) in [5.74, 6) is -0.866. The summed E-state index contributed by atoms with van der Waals surface area (Å²) in [5, 5.41) is 11.0. The molecule has 0 aliphatic carbocycles. The zero-order valence-corrected chi connectivity index (χ0v) is 30.3. The van der Waals surface area contributed by atoms with Crippen molar-refractivity contribution in [3.8, 4) is 5.75 Å². The van der Waals surface area contributed by atoms with Crippen molar-refractivity contribution in [2.45, 2.75) is 0 Å². The molecule has 0 unspecified atom stereocenters. The summed E-state index contributed by atoms with van der Waals surface area (Å²) < 4.78 is 70.1. The number of aliphatic carboxylic acids is 1. The van der Waals surface area contributed by atoms with Gasteiger partial charge in [0.25, 0.3) is 0 Å². The third-order valence-electron chi connectivity index (χ3n) is 6.15. The molecule has 1 rings (SSSR count). The number of nitrogens with one attached hydrogen (secondary N) is 1. The molecular formula is C34H60N2O16. The van der Waals surface area contributed by atoms with Gasteiger partial charge in [-0.1, -0.05) is 12.1 Å². The minimum Gasteiger partial charge on any atom is -0.489 e. The van der Waals surface area contributed by atoms with Crippen molar-refractivity contribution in [1.82, 2.24) is 5.32 Å². The van der Waals surface area contributed by atoms with Crippen LogP contribution in [0.25, 0.3) is 0 Å². The van der Waals surface area contributed by atoms with Crippen LogP contribution < -0.4 is 15.8 Å². The van der Waals surface area contributed by atoms with E-state index in [1.54, 1.807) is 6.07 Å². The van der Waals surface area contributed by atoms with Gasteiger partial charge in [0, 0.05) is 6.54 Å². The number of nitrogens with two attached hydrogens (primary N) is 1. The zero-order valence-electron chi connectivity index (χ0n) is 30.3. The van der Waals surface area contributed by atoms with E-state index in [4.69, 9.17) is 67.7 Å². The molecule has 0 radical (unpaired) electrons. The molecular weight excluding hydrogens is 692 g/mol. The first-order valence-electron chi connectivity index (χ1n) is 17.5. The monoisotopic (exact) mass is 752 g/mol. The Morgan fingerprint density at radius 1 is 0.462 bits per heavy atom. The molecule has 0 saturated heterocycles. The first-order valence-corrected chi connectivity index (χ1v) is 17.5. The van der Waals surface area contributed by atoms with Crippen molar-refractivity contribution in [3.63, 3.8) is 0 Å². The molecule has 0 spiro atoms. The first kappa shape index (κ1) is 47.3. The predicted molar refractivity (Wildman–Crippen MR) is 187 cm³/mol. The van der Waals surface area contributed by atoms with Gasteiger partial charge < -0.3 is 77.7 Å². The van der Waals surface area contributed by atoms with Gasteiger partial charge in [-0.15, -0.1) is 0 Å². The Bertz CT molecular complexity index is 949. The Morgan fingerprint density at radius 2 is 0.788 bits per heavy atom. The van der Waals surface area contributed by atoms with Gasteiger partial charge >= 0.3 is 5.97 Å². The van der Waals surface area contributed by atoms with Crippen LogP contribution in [-0.4, -0.2) is 189 Å². The number of amides is 1. The van der Waals surface area contributed by atoms with Gasteiger partial charge in [-0.25, -0.2) is 4.79 Å². The lowest BCUT2D eigenvalue weighted by Crippen LogP contribution is -2.31. The number of carboxylic acid groups (broad SMARTS) is 1. The van der Waals surface area contributed by atoms with E-state index < -0.39 is 18.5 Å². The summed E-state index contributed by atoms with van der Waals surface area (Å²) in [6.07, 6.45) is 0. The van der Waals surface area contributed by atoms with Crippen LogP contribution in [0.4, 0.5) is 5.69 Å². The maximum atomic E-state index is 11.4. The fourth-order valence-electron chi connectivity index (χ4n) is 3.67. The highest BCUT2D eigenvalue weighted by molar-refractivity contribution is 5.77. The highest BCUT2D eigenvalue weighted by Gasteiger charge is 2.03. The Balaban J connectivity index is 1.63. The molecule has 1 amide bonds. The van der Waals surface area contributed by atoms with Crippen molar-refractivity contribution in [1.29, 1.82) is 0 Å². The number of hydrogen-bond donors (Lipinski definition) is 3. The largest absolute Gasteiger partial charge is 0.489 e. The number of para-hydroxylation sites is 2. The summed E-state index contributed by atoms with van der Waals surface area (Å²) in [6, 6.07) is 7.35. The standard InChI is InChI=1S/C34H60N2O16/c35-31-3-1-2-4-32(31)52-28-27-50-26-25-49-24-23-48-22-21-47-20-19-46-18-17-45-16-15-44-14-13-43-12-11-42-10-9-41-8-7-40-6-5-36-33(37)29-51-30-34(38)39/h1-4H,5-30,35H2,(H,36,37)(H,38,39). The van der Waals surface area contributed by atoms with Crippen LogP contribution in [0.2, 0.25) is 0 Å². The second-order valence-electron chi connectivity index (χ2n) is 10.4. The fraction of sp³-hybridized carbons (Fsp3) is 0.765. The molecule has 0 fully saturated rings. The molecule has 52 heavy (non-hydrogen) atoms. The number of benzene rings is 1. The van der Waals surface area contributed by atoms with Crippen LogP contribution in [0.3, 0.4) is 0 Å². The Morgan fingerprint density at radius 3 is 1.13 bits per heavy atom. The van der Waals surface area contributed by atoms with Crippen molar-refractivity contribution < 1.29 is 76.3 Å². The van der Waals surface area contributed by atoms with E-state index in [-0.39, 0.29) is 6.61 Å². The molecule has 0 aliphatic heterocycles. The third kappa shape index (κ3) is 34.4. The van der Waals surface area contributed by atoms with E-state index in [0.717, 1.165) is 0 Å². The van der Waals surface area contributed by atoms with E-state index in [1.165, 1.54) is 0 Å². The van der Waals surface area contributed by atoms with Crippen LogP contribution in [0.15, 0.2) is 24.3 Å². The summed E-state index contributed by atoms with van der Waals surface area (Å²) >= 11 is 0. The Kier molecular flexibility index (Phi) is 34.6. The fourth-order valence-corrected chi connectivity index (χ4v) is 3.67. The summed E-state index contributed by atoms with van der Waals surface area (Å²) in [7, 11) is 0. The van der Waals surface area contributed by atoms with Gasteiger partial charge in [-0.3, -0.25) is 4.79 Å². The molecule has 302 valence electrons. The van der Waals surface area contributed by atoms with E-state index in [2.05, 4.69) is 10.1 Å². The number of carbonyl (C=O) groups is 2. The number of ether oxygens (including phenoxy) is 13. The SMILES string of the molecule is Nc1ccccc1OCCOCCOCCOCCOCCOCCOCCOCCOCCOCCOCCOCCNC(=O)COCC(=O)O. The lowest BCUT2D eigenvalue weighted by Gasteiger charge is -2.10. The lowest BCUT2D eigenvalue weighted by molar-refractivity contribution is -0.143.